The summed E-state index contributed by atoms with van der Waals surface area (Å²) in [4.78, 5) is 12.7. The standard InChI is InChI=1S/C120H80N2/c1-5-29-83(30-6-1)117(84-31-7-2-8-32-84)101-45-21-13-41-93(101)97-67-63-81(73-109(97)117)87-69-70-88(82-64-68-98-94-42-14-22-46-102(94)118(110(98)74-82,85-33-9-3-10-34-85)86-35-11-4-12-36-86)116-115(87)121-113(77-57-53-75(54-58-77)79-61-65-99-95-43-19-27-51-107(95)119(111(99)71-79)103-47-23-15-37-89(103)90-38-16-24-48-104(90)119)114(122-116)78-59-55-76(56-60-78)80-62-66-100-96-44-20-28-52-108(96)120(112(100)72-80)105-49-25-17-39-91(105)92-40-18-26-50-106(92)120/h1-23,25,27,29-47,49,51,53-74H,24,26,28,48,50,52H2. The van der Waals surface area contributed by atoms with Gasteiger partial charge in [-0.2, -0.15) is 0 Å². The molecule has 0 amide bonds. The van der Waals surface area contributed by atoms with E-state index in [0.29, 0.717) is 0 Å². The molecule has 2 atom stereocenters. The van der Waals surface area contributed by atoms with Gasteiger partial charge < -0.3 is 0 Å². The summed E-state index contributed by atoms with van der Waals surface area (Å²) in [5, 5.41) is 0. The summed E-state index contributed by atoms with van der Waals surface area (Å²) >= 11 is 0. The third-order valence-electron chi connectivity index (χ3n) is 29.2. The third kappa shape index (κ3) is 9.34. The Hall–Kier alpha value is -14.7. The van der Waals surface area contributed by atoms with Gasteiger partial charge in [0, 0.05) is 22.3 Å². The van der Waals surface area contributed by atoms with Crippen LogP contribution in [-0.2, 0) is 21.7 Å². The van der Waals surface area contributed by atoms with Gasteiger partial charge in [0.2, 0.25) is 0 Å². The van der Waals surface area contributed by atoms with E-state index in [1.807, 2.05) is 0 Å². The monoisotopic (exact) mass is 1550 g/mol. The Balaban J connectivity index is 0.702. The second-order valence-electron chi connectivity index (χ2n) is 34.7. The van der Waals surface area contributed by atoms with Crippen LogP contribution >= 0.6 is 0 Å². The molecule has 0 N–H and O–H groups in total. The minimum absolute atomic E-state index is 0.305. The molecule has 570 valence electrons. The van der Waals surface area contributed by atoms with Crippen LogP contribution in [-0.4, -0.2) is 9.97 Å². The predicted octanol–water partition coefficient (Wildman–Crippen LogP) is 29.3. The molecule has 9 aliphatic carbocycles. The molecule has 17 aromatic rings. The van der Waals surface area contributed by atoms with Crippen molar-refractivity contribution in [3.05, 3.63) is 518 Å². The summed E-state index contributed by atoms with van der Waals surface area (Å²) in [6.45, 7) is 0. The third-order valence-corrected chi connectivity index (χ3v) is 29.2. The van der Waals surface area contributed by atoms with Crippen LogP contribution in [0, 0.1) is 0 Å². The summed E-state index contributed by atoms with van der Waals surface area (Å²) in [7, 11) is 0. The molecule has 2 spiro atoms. The molecular formula is C120H80N2. The van der Waals surface area contributed by atoms with E-state index in [9.17, 15) is 0 Å². The van der Waals surface area contributed by atoms with Gasteiger partial charge in [0.05, 0.1) is 44.1 Å². The lowest BCUT2D eigenvalue weighted by Gasteiger charge is -2.36. The number of allylic oxidation sites excluding steroid dienone is 12. The molecule has 1 aromatic heterocycles. The Kier molecular flexibility index (Phi) is 15.0. The molecular weight excluding hydrogens is 1470 g/mol. The maximum Gasteiger partial charge on any atom is 0.0979 e. The number of nitrogens with zero attached hydrogens (tertiary/aromatic N) is 2. The molecule has 2 unspecified atom stereocenters. The second kappa shape index (κ2) is 26.4. The van der Waals surface area contributed by atoms with Crippen molar-refractivity contribution in [3.8, 4) is 100 Å². The highest BCUT2D eigenvalue weighted by Crippen LogP contribution is 2.68. The van der Waals surface area contributed by atoms with E-state index in [4.69, 9.17) is 9.97 Å². The molecule has 0 radical (unpaired) electrons. The molecule has 122 heavy (non-hydrogen) atoms. The van der Waals surface area contributed by atoms with Crippen LogP contribution in [0.1, 0.15) is 128 Å². The minimum atomic E-state index is -0.632. The largest absolute Gasteiger partial charge is 0.243 e. The minimum Gasteiger partial charge on any atom is -0.243 e. The second-order valence-corrected chi connectivity index (χ2v) is 34.7. The highest BCUT2D eigenvalue weighted by atomic mass is 14.8. The van der Waals surface area contributed by atoms with Crippen LogP contribution in [0.4, 0.5) is 0 Å². The summed E-state index contributed by atoms with van der Waals surface area (Å²) in [5.74, 6) is 0. The fourth-order valence-electron chi connectivity index (χ4n) is 24.4. The molecule has 2 heteroatoms. The SMILES string of the molecule is C1=CC2=C(CC1)C1(C3=C(C=CCC3)c3ccc(-c4ccc(-c5nc6c(-c7ccc8c(c7)C(c7ccccc7)(c7ccccc7)c7ccccc7-8)ccc(-c7ccc8c(c7)C(c7ccccc7)(c7ccccc7)c7ccccc7-8)c6nc5-c5ccc(-c6ccc7c(c6)C6(C8=C(C=CCC8)c8ccccc86)c6ccccc6-7)cc5)cc4)cc31)c1ccccc12. The molecule has 1 heterocycles. The van der Waals surface area contributed by atoms with Crippen molar-refractivity contribution >= 4 is 27.8 Å². The fourth-order valence-corrected chi connectivity index (χ4v) is 24.4. The zero-order chi connectivity index (χ0) is 80.0. The summed E-state index contributed by atoms with van der Waals surface area (Å²) < 4.78 is 0. The van der Waals surface area contributed by atoms with Crippen LogP contribution in [0.2, 0.25) is 0 Å². The number of hydrogen-bond donors (Lipinski definition) is 0. The number of aromatic nitrogens is 2. The molecule has 16 aromatic carbocycles. The highest BCUT2D eigenvalue weighted by Gasteiger charge is 2.56. The van der Waals surface area contributed by atoms with Gasteiger partial charge in [-0.25, -0.2) is 9.97 Å². The number of rotatable bonds is 10. The van der Waals surface area contributed by atoms with Crippen LogP contribution < -0.4 is 0 Å². The van der Waals surface area contributed by atoms with Gasteiger partial charge in [0.25, 0.3) is 0 Å². The molecule has 9 aliphatic rings. The Morgan fingerprint density at radius 3 is 0.811 bits per heavy atom. The highest BCUT2D eigenvalue weighted by molar-refractivity contribution is 6.06. The van der Waals surface area contributed by atoms with Crippen LogP contribution in [0.25, 0.3) is 128 Å². The Bertz CT molecular complexity index is 7490. The van der Waals surface area contributed by atoms with E-state index in [2.05, 4.69) is 413 Å². The van der Waals surface area contributed by atoms with E-state index in [0.717, 1.165) is 105 Å². The zero-order valence-electron chi connectivity index (χ0n) is 67.4. The van der Waals surface area contributed by atoms with Gasteiger partial charge in [-0.3, -0.25) is 0 Å². The summed E-state index contributed by atoms with van der Waals surface area (Å²) in [5.41, 5.74) is 49.6. The van der Waals surface area contributed by atoms with Gasteiger partial charge in [0.15, 0.2) is 0 Å². The van der Waals surface area contributed by atoms with Crippen molar-refractivity contribution < 1.29 is 0 Å². The molecule has 26 rings (SSSR count). The topological polar surface area (TPSA) is 25.8 Å². The van der Waals surface area contributed by atoms with E-state index in [1.165, 1.54) is 156 Å². The number of hydrogen-bond acceptors (Lipinski definition) is 2. The van der Waals surface area contributed by atoms with Gasteiger partial charge in [-0.05, 0) is 252 Å². The number of benzene rings is 16. The van der Waals surface area contributed by atoms with Gasteiger partial charge in [0.1, 0.15) is 0 Å². The normalized spacial score (nSPS) is 18.0. The van der Waals surface area contributed by atoms with E-state index in [1.54, 1.807) is 11.1 Å². The van der Waals surface area contributed by atoms with Crippen molar-refractivity contribution in [2.75, 3.05) is 0 Å². The quantitative estimate of drug-likeness (QED) is 0.136. The van der Waals surface area contributed by atoms with E-state index in [-0.39, 0.29) is 10.8 Å². The molecule has 0 saturated carbocycles. The lowest BCUT2D eigenvalue weighted by Crippen LogP contribution is -2.29. The summed E-state index contributed by atoms with van der Waals surface area (Å²) in [6.07, 6.45) is 20.7. The van der Waals surface area contributed by atoms with Gasteiger partial charge >= 0.3 is 0 Å². The average Bonchev–Trinajstić information content (AvgIpc) is 1.50. The molecule has 0 saturated heterocycles. The lowest BCUT2D eigenvalue weighted by atomic mass is 9.65. The van der Waals surface area contributed by atoms with Crippen molar-refractivity contribution in [1.29, 1.82) is 0 Å². The fraction of sp³-hybridized carbons (Fsp3) is 0.0833. The number of fused-ring (bicyclic) bond motifs is 24. The van der Waals surface area contributed by atoms with Gasteiger partial charge in [-0.1, -0.05) is 388 Å². The van der Waals surface area contributed by atoms with Crippen LogP contribution in [0.3, 0.4) is 0 Å². The van der Waals surface area contributed by atoms with Crippen molar-refractivity contribution in [1.82, 2.24) is 9.97 Å². The Morgan fingerprint density at radius 2 is 0.426 bits per heavy atom. The molecule has 0 bridgehead atoms. The van der Waals surface area contributed by atoms with Crippen LogP contribution in [0.15, 0.2) is 429 Å². The van der Waals surface area contributed by atoms with Crippen molar-refractivity contribution in [2.45, 2.75) is 60.2 Å². The van der Waals surface area contributed by atoms with Crippen LogP contribution in [0.5, 0.6) is 0 Å². The molecule has 0 fully saturated rings. The molecule has 2 nitrogen and oxygen atoms in total. The summed E-state index contributed by atoms with van der Waals surface area (Å²) in [6, 6.07) is 143. The van der Waals surface area contributed by atoms with E-state index < -0.39 is 10.8 Å². The maximum absolute atomic E-state index is 6.34. The first kappa shape index (κ1) is 69.3. The lowest BCUT2D eigenvalue weighted by molar-refractivity contribution is 0.661. The first-order valence-corrected chi connectivity index (χ1v) is 43.6. The first-order valence-electron chi connectivity index (χ1n) is 43.6. The van der Waals surface area contributed by atoms with Crippen molar-refractivity contribution in [2.24, 2.45) is 0 Å². The predicted molar refractivity (Wildman–Crippen MR) is 502 cm³/mol. The Labute approximate surface area is 711 Å². The smallest absolute Gasteiger partial charge is 0.0979 e. The molecule has 0 aliphatic heterocycles. The average molecular weight is 1550 g/mol. The first-order chi connectivity index (χ1) is 60.5. The maximum atomic E-state index is 6.34. The zero-order valence-corrected chi connectivity index (χ0v) is 67.4. The van der Waals surface area contributed by atoms with Gasteiger partial charge in [-0.15, -0.1) is 0 Å². The Morgan fingerprint density at radius 1 is 0.180 bits per heavy atom. The van der Waals surface area contributed by atoms with Crippen molar-refractivity contribution in [3.63, 3.8) is 0 Å². The van der Waals surface area contributed by atoms with E-state index >= 15 is 0 Å².